The molecule has 0 spiro atoms. The van der Waals surface area contributed by atoms with Crippen molar-refractivity contribution in [1.82, 2.24) is 24.4 Å². The molecule has 7 nitrogen and oxygen atoms in total. The Morgan fingerprint density at radius 2 is 1.97 bits per heavy atom. The van der Waals surface area contributed by atoms with E-state index in [-0.39, 0.29) is 17.2 Å². The molecule has 156 valence electrons. The van der Waals surface area contributed by atoms with Gasteiger partial charge in [-0.05, 0) is 43.9 Å². The van der Waals surface area contributed by atoms with Crippen LogP contribution >= 0.6 is 11.8 Å². The van der Waals surface area contributed by atoms with Crippen molar-refractivity contribution in [3.05, 3.63) is 60.6 Å². The number of fused-ring (bicyclic) bond motifs is 1. The van der Waals surface area contributed by atoms with Crippen molar-refractivity contribution in [1.29, 1.82) is 5.26 Å². The van der Waals surface area contributed by atoms with Crippen molar-refractivity contribution < 1.29 is 9.50 Å². The van der Waals surface area contributed by atoms with Gasteiger partial charge in [0, 0.05) is 34.6 Å². The lowest BCUT2D eigenvalue weighted by atomic mass is 9.93. The maximum Gasteiger partial charge on any atom is 0.155 e. The zero-order chi connectivity index (χ0) is 21.4. The van der Waals surface area contributed by atoms with Crippen LogP contribution in [0.4, 0.5) is 4.39 Å². The Hall–Kier alpha value is -3.22. The summed E-state index contributed by atoms with van der Waals surface area (Å²) >= 11 is 1.17. The minimum absolute atomic E-state index is 0.214. The van der Waals surface area contributed by atoms with Gasteiger partial charge in [0.05, 0.1) is 35.6 Å². The predicted octanol–water partition coefficient (Wildman–Crippen LogP) is 4.23. The smallest absolute Gasteiger partial charge is 0.155 e. The topological polar surface area (TPSA) is 92.0 Å². The van der Waals surface area contributed by atoms with E-state index in [2.05, 4.69) is 21.3 Å². The Balaban J connectivity index is 1.55. The number of aromatic nitrogens is 5. The number of rotatable bonds is 4. The summed E-state index contributed by atoms with van der Waals surface area (Å²) in [6.45, 7) is 0. The molecule has 1 aliphatic rings. The fraction of sp³-hybridized carbons (Fsp3) is 0.273. The zero-order valence-corrected chi connectivity index (χ0v) is 17.3. The highest BCUT2D eigenvalue weighted by atomic mass is 32.2. The molecule has 31 heavy (non-hydrogen) atoms. The number of aliphatic hydroxyl groups is 1. The summed E-state index contributed by atoms with van der Waals surface area (Å²) in [5.41, 5.74) is 2.81. The summed E-state index contributed by atoms with van der Waals surface area (Å²) in [4.78, 5) is 4.82. The first-order chi connectivity index (χ1) is 15.1. The highest BCUT2D eigenvalue weighted by Gasteiger charge is 2.22. The SMILES string of the molecule is N#Cc1cnn2cc(-c3cnn(C4CCC(O)CC4)c3)cc(Sc3ncccc3F)c12. The normalized spacial score (nSPS) is 18.9. The largest absolute Gasteiger partial charge is 0.393 e. The summed E-state index contributed by atoms with van der Waals surface area (Å²) in [6, 6.07) is 7.25. The molecule has 0 saturated heterocycles. The minimum Gasteiger partial charge on any atom is -0.393 e. The van der Waals surface area contributed by atoms with Gasteiger partial charge in [-0.25, -0.2) is 13.9 Å². The molecule has 0 radical (unpaired) electrons. The average molecular weight is 435 g/mol. The van der Waals surface area contributed by atoms with E-state index in [9.17, 15) is 14.8 Å². The van der Waals surface area contributed by atoms with E-state index in [1.807, 2.05) is 23.1 Å². The Bertz CT molecular complexity index is 1280. The first kappa shape index (κ1) is 19.7. The van der Waals surface area contributed by atoms with E-state index in [1.165, 1.54) is 24.0 Å². The summed E-state index contributed by atoms with van der Waals surface area (Å²) in [6.07, 6.45) is 11.8. The monoisotopic (exact) mass is 434 g/mol. The van der Waals surface area contributed by atoms with Crippen molar-refractivity contribution in [2.24, 2.45) is 0 Å². The van der Waals surface area contributed by atoms with Gasteiger partial charge < -0.3 is 5.11 Å². The predicted molar refractivity (Wildman–Crippen MR) is 113 cm³/mol. The molecule has 4 aromatic heterocycles. The molecule has 9 heteroatoms. The van der Waals surface area contributed by atoms with Gasteiger partial charge in [-0.1, -0.05) is 11.8 Å². The summed E-state index contributed by atoms with van der Waals surface area (Å²) < 4.78 is 17.8. The van der Waals surface area contributed by atoms with Crippen LogP contribution in [-0.4, -0.2) is 35.6 Å². The molecule has 1 fully saturated rings. The van der Waals surface area contributed by atoms with Crippen LogP contribution < -0.4 is 0 Å². The van der Waals surface area contributed by atoms with Crippen LogP contribution in [-0.2, 0) is 0 Å². The maximum absolute atomic E-state index is 14.2. The molecule has 1 aliphatic carbocycles. The summed E-state index contributed by atoms with van der Waals surface area (Å²) in [7, 11) is 0. The highest BCUT2D eigenvalue weighted by Crippen LogP contribution is 2.36. The van der Waals surface area contributed by atoms with Gasteiger partial charge in [0.1, 0.15) is 11.1 Å². The molecule has 4 aromatic rings. The van der Waals surface area contributed by atoms with E-state index in [0.717, 1.165) is 36.8 Å². The molecule has 0 amide bonds. The highest BCUT2D eigenvalue weighted by molar-refractivity contribution is 7.99. The third-order valence-electron chi connectivity index (χ3n) is 5.60. The van der Waals surface area contributed by atoms with E-state index in [0.29, 0.717) is 16.0 Å². The minimum atomic E-state index is -0.415. The summed E-state index contributed by atoms with van der Waals surface area (Å²) in [5.74, 6) is -0.415. The first-order valence-corrected chi connectivity index (χ1v) is 10.9. The van der Waals surface area contributed by atoms with Crippen molar-refractivity contribution in [3.63, 3.8) is 0 Å². The molecule has 0 aliphatic heterocycles. The number of nitrogens with zero attached hydrogens (tertiary/aromatic N) is 6. The quantitative estimate of drug-likeness (QED) is 0.517. The molecule has 4 heterocycles. The summed E-state index contributed by atoms with van der Waals surface area (Å²) in [5, 5.41) is 28.3. The molecule has 0 unspecified atom stereocenters. The molecule has 0 atom stereocenters. The van der Waals surface area contributed by atoms with Crippen LogP contribution in [0.5, 0.6) is 0 Å². The second-order valence-corrected chi connectivity index (χ2v) is 8.65. The number of halogens is 1. The lowest BCUT2D eigenvalue weighted by Crippen LogP contribution is -2.21. The van der Waals surface area contributed by atoms with Crippen molar-refractivity contribution in [2.45, 2.75) is 47.8 Å². The number of hydrogen-bond donors (Lipinski definition) is 1. The van der Waals surface area contributed by atoms with Gasteiger partial charge in [-0.15, -0.1) is 0 Å². The number of nitriles is 1. The van der Waals surface area contributed by atoms with Gasteiger partial charge in [0.15, 0.2) is 5.82 Å². The van der Waals surface area contributed by atoms with Gasteiger partial charge in [0.2, 0.25) is 0 Å². The van der Waals surface area contributed by atoms with Crippen molar-refractivity contribution >= 4 is 17.3 Å². The van der Waals surface area contributed by atoms with Crippen LogP contribution in [0, 0.1) is 17.1 Å². The lowest BCUT2D eigenvalue weighted by Gasteiger charge is -2.25. The molecule has 1 saturated carbocycles. The van der Waals surface area contributed by atoms with E-state index >= 15 is 0 Å². The van der Waals surface area contributed by atoms with Gasteiger partial charge >= 0.3 is 0 Å². The van der Waals surface area contributed by atoms with Crippen LogP contribution in [0.25, 0.3) is 16.6 Å². The zero-order valence-electron chi connectivity index (χ0n) is 16.5. The fourth-order valence-corrected chi connectivity index (χ4v) is 4.94. The number of hydrogen-bond acceptors (Lipinski definition) is 6. The third kappa shape index (κ3) is 3.80. The second kappa shape index (κ2) is 8.13. The Morgan fingerprint density at radius 1 is 1.13 bits per heavy atom. The van der Waals surface area contributed by atoms with Crippen LogP contribution in [0.3, 0.4) is 0 Å². The number of aliphatic hydroxyl groups excluding tert-OH is 1. The van der Waals surface area contributed by atoms with Gasteiger partial charge in [-0.2, -0.15) is 15.5 Å². The molecular weight excluding hydrogens is 415 g/mol. The van der Waals surface area contributed by atoms with E-state index < -0.39 is 5.82 Å². The first-order valence-electron chi connectivity index (χ1n) is 10.0. The third-order valence-corrected chi connectivity index (χ3v) is 6.63. The molecule has 0 aromatic carbocycles. The Labute approximate surface area is 182 Å². The van der Waals surface area contributed by atoms with Gasteiger partial charge in [0.25, 0.3) is 0 Å². The lowest BCUT2D eigenvalue weighted by molar-refractivity contribution is 0.108. The Kier molecular flexibility index (Phi) is 5.18. The fourth-order valence-electron chi connectivity index (χ4n) is 3.96. The molecular formula is C22H19FN6OS. The number of pyridine rings is 2. The van der Waals surface area contributed by atoms with Crippen LogP contribution in [0.1, 0.15) is 37.3 Å². The molecule has 0 bridgehead atoms. The van der Waals surface area contributed by atoms with Crippen LogP contribution in [0.2, 0.25) is 0 Å². The average Bonchev–Trinajstić information content (AvgIpc) is 3.43. The second-order valence-electron chi connectivity index (χ2n) is 7.62. The van der Waals surface area contributed by atoms with Crippen molar-refractivity contribution in [3.8, 4) is 17.2 Å². The van der Waals surface area contributed by atoms with Crippen molar-refractivity contribution in [2.75, 3.05) is 0 Å². The molecule has 5 rings (SSSR count). The molecule has 1 N–H and O–H groups in total. The van der Waals surface area contributed by atoms with Gasteiger partial charge in [-0.3, -0.25) is 4.68 Å². The van der Waals surface area contributed by atoms with Crippen LogP contribution in [0.15, 0.2) is 59.1 Å². The Morgan fingerprint density at radius 3 is 2.74 bits per heavy atom. The maximum atomic E-state index is 14.2. The standard InChI is InChI=1S/C22H19FN6OS/c23-19-2-1-7-25-22(19)31-20-8-14(12-29-21(20)15(9-24)10-27-29)16-11-26-28(13-16)17-3-5-18(30)6-4-17/h1-2,7-8,10-13,17-18,30H,3-6H2. The van der Waals surface area contributed by atoms with E-state index in [1.54, 1.807) is 23.0 Å². The van der Waals surface area contributed by atoms with E-state index in [4.69, 9.17) is 0 Å².